The summed E-state index contributed by atoms with van der Waals surface area (Å²) in [4.78, 5) is 25.2. The second-order valence-corrected chi connectivity index (χ2v) is 5.71. The Bertz CT molecular complexity index is 748. The first kappa shape index (κ1) is 17.7. The largest absolute Gasteiger partial charge is 0.375 e. The smallest absolute Gasteiger partial charge is 0.253 e. The minimum atomic E-state index is -0.442. The summed E-state index contributed by atoms with van der Waals surface area (Å²) in [6, 6.07) is 10.5. The number of hydrogen-bond donors (Lipinski definition) is 2. The van der Waals surface area contributed by atoms with Crippen molar-refractivity contribution in [3.05, 3.63) is 58.9 Å². The van der Waals surface area contributed by atoms with Gasteiger partial charge in [0.2, 0.25) is 5.91 Å². The van der Waals surface area contributed by atoms with E-state index >= 15 is 0 Å². The van der Waals surface area contributed by atoms with Crippen molar-refractivity contribution < 1.29 is 14.0 Å². The van der Waals surface area contributed by atoms with E-state index in [4.69, 9.17) is 11.6 Å². The second-order valence-electron chi connectivity index (χ2n) is 5.30. The Morgan fingerprint density at radius 3 is 2.38 bits per heavy atom. The van der Waals surface area contributed by atoms with E-state index in [1.807, 2.05) is 0 Å². The molecule has 0 aliphatic rings. The molecule has 0 atom stereocenters. The third kappa shape index (κ3) is 4.70. The number of carbonyl (C=O) groups excluding carboxylic acids is 2. The van der Waals surface area contributed by atoms with Gasteiger partial charge in [0, 0.05) is 25.3 Å². The lowest BCUT2D eigenvalue weighted by molar-refractivity contribution is -0.114. The van der Waals surface area contributed by atoms with Crippen molar-refractivity contribution in [2.75, 3.05) is 31.3 Å². The highest BCUT2D eigenvalue weighted by Gasteiger charge is 2.09. The second kappa shape index (κ2) is 7.79. The molecule has 0 unspecified atom stereocenters. The van der Waals surface area contributed by atoms with Gasteiger partial charge in [-0.2, -0.15) is 0 Å². The zero-order valence-electron chi connectivity index (χ0n) is 13.3. The Labute approximate surface area is 144 Å². The van der Waals surface area contributed by atoms with E-state index in [0.717, 1.165) is 0 Å². The van der Waals surface area contributed by atoms with Crippen LogP contribution < -0.4 is 10.6 Å². The first-order chi connectivity index (χ1) is 11.4. The van der Waals surface area contributed by atoms with E-state index in [2.05, 4.69) is 10.6 Å². The first-order valence-electron chi connectivity index (χ1n) is 7.17. The van der Waals surface area contributed by atoms with Gasteiger partial charge in [-0.3, -0.25) is 9.59 Å². The lowest BCUT2D eigenvalue weighted by Crippen LogP contribution is -2.23. The van der Waals surface area contributed by atoms with E-state index in [9.17, 15) is 14.0 Å². The Morgan fingerprint density at radius 2 is 1.79 bits per heavy atom. The zero-order chi connectivity index (χ0) is 17.7. The Morgan fingerprint density at radius 1 is 1.12 bits per heavy atom. The third-order valence-corrected chi connectivity index (χ3v) is 3.51. The number of halogens is 2. The highest BCUT2D eigenvalue weighted by molar-refractivity contribution is 6.33. The van der Waals surface area contributed by atoms with Gasteiger partial charge < -0.3 is 15.5 Å². The van der Waals surface area contributed by atoms with Crippen LogP contribution in [0.15, 0.2) is 42.5 Å². The van der Waals surface area contributed by atoms with Gasteiger partial charge in [-0.1, -0.05) is 11.6 Å². The van der Waals surface area contributed by atoms with Crippen LogP contribution in [0.4, 0.5) is 15.8 Å². The molecule has 0 saturated heterocycles. The van der Waals surface area contributed by atoms with E-state index in [1.54, 1.807) is 38.4 Å². The molecule has 0 aromatic heterocycles. The summed E-state index contributed by atoms with van der Waals surface area (Å²) >= 11 is 5.88. The first-order valence-corrected chi connectivity index (χ1v) is 7.55. The summed E-state index contributed by atoms with van der Waals surface area (Å²) in [7, 11) is 3.34. The van der Waals surface area contributed by atoms with Crippen molar-refractivity contribution in [2.45, 2.75) is 0 Å². The average molecular weight is 350 g/mol. The number of rotatable bonds is 5. The minimum absolute atomic E-state index is 0.0241. The summed E-state index contributed by atoms with van der Waals surface area (Å²) in [5.41, 5.74) is 1.58. The predicted molar refractivity (Wildman–Crippen MR) is 93.0 cm³/mol. The lowest BCUT2D eigenvalue weighted by Gasteiger charge is -2.11. The molecule has 2 aromatic rings. The average Bonchev–Trinajstić information content (AvgIpc) is 2.54. The molecular formula is C17H17ClFN3O2. The maximum Gasteiger partial charge on any atom is 0.253 e. The van der Waals surface area contributed by atoms with Gasteiger partial charge in [-0.25, -0.2) is 4.39 Å². The minimum Gasteiger partial charge on any atom is -0.375 e. The standard InChI is InChI=1S/C17H17ClFN3O2/c1-22(2)17(24)11-3-6-13(7-4-11)21-16(23)10-20-15-8-5-12(19)9-14(15)18/h3-9,20H,10H2,1-2H3,(H,21,23). The quantitative estimate of drug-likeness (QED) is 0.871. The van der Waals surface area contributed by atoms with E-state index in [-0.39, 0.29) is 23.4 Å². The summed E-state index contributed by atoms with van der Waals surface area (Å²) in [5.74, 6) is -0.843. The van der Waals surface area contributed by atoms with Crippen LogP contribution >= 0.6 is 11.6 Å². The summed E-state index contributed by atoms with van der Waals surface area (Å²) in [5, 5.41) is 5.73. The Balaban J connectivity index is 1.91. The van der Waals surface area contributed by atoms with Crippen LogP contribution in [0.1, 0.15) is 10.4 Å². The third-order valence-electron chi connectivity index (χ3n) is 3.19. The number of nitrogens with one attached hydrogen (secondary N) is 2. The van der Waals surface area contributed by atoms with Crippen LogP contribution in [0.5, 0.6) is 0 Å². The van der Waals surface area contributed by atoms with Crippen LogP contribution in [0, 0.1) is 5.82 Å². The lowest BCUT2D eigenvalue weighted by atomic mass is 10.2. The molecule has 2 aromatic carbocycles. The van der Waals surface area contributed by atoms with Crippen molar-refractivity contribution in [3.8, 4) is 0 Å². The highest BCUT2D eigenvalue weighted by atomic mass is 35.5. The van der Waals surface area contributed by atoms with Crippen LogP contribution in [0.25, 0.3) is 0 Å². The zero-order valence-corrected chi connectivity index (χ0v) is 14.0. The molecule has 126 valence electrons. The Hall–Kier alpha value is -2.60. The van der Waals surface area contributed by atoms with Crippen molar-refractivity contribution in [1.82, 2.24) is 4.90 Å². The fraction of sp³-hybridized carbons (Fsp3) is 0.176. The van der Waals surface area contributed by atoms with Crippen molar-refractivity contribution >= 4 is 34.8 Å². The molecule has 2 amide bonds. The predicted octanol–water partition coefficient (Wildman–Crippen LogP) is 3.23. The van der Waals surface area contributed by atoms with Gasteiger partial charge in [-0.15, -0.1) is 0 Å². The molecule has 0 radical (unpaired) electrons. The maximum atomic E-state index is 13.0. The maximum absolute atomic E-state index is 13.0. The van der Waals surface area contributed by atoms with Gasteiger partial charge in [0.25, 0.3) is 5.91 Å². The number of anilines is 2. The van der Waals surface area contributed by atoms with Crippen LogP contribution in [-0.4, -0.2) is 37.4 Å². The molecule has 0 heterocycles. The molecule has 0 bridgehead atoms. The molecule has 24 heavy (non-hydrogen) atoms. The highest BCUT2D eigenvalue weighted by Crippen LogP contribution is 2.22. The van der Waals surface area contributed by atoms with Crippen LogP contribution in [0.2, 0.25) is 5.02 Å². The monoisotopic (exact) mass is 349 g/mol. The summed E-state index contributed by atoms with van der Waals surface area (Å²) in [6.45, 7) is -0.0241. The fourth-order valence-electron chi connectivity index (χ4n) is 1.97. The molecule has 0 saturated carbocycles. The van der Waals surface area contributed by atoms with Gasteiger partial charge >= 0.3 is 0 Å². The Kier molecular flexibility index (Phi) is 5.76. The molecule has 7 heteroatoms. The van der Waals surface area contributed by atoms with Gasteiger partial charge in [0.15, 0.2) is 0 Å². The molecule has 0 aliphatic carbocycles. The van der Waals surface area contributed by atoms with Crippen molar-refractivity contribution in [2.24, 2.45) is 0 Å². The van der Waals surface area contributed by atoms with Crippen molar-refractivity contribution in [3.63, 3.8) is 0 Å². The summed E-state index contributed by atoms with van der Waals surface area (Å²) < 4.78 is 13.0. The number of hydrogen-bond acceptors (Lipinski definition) is 3. The topological polar surface area (TPSA) is 61.4 Å². The molecule has 2 rings (SSSR count). The number of nitrogens with zero attached hydrogens (tertiary/aromatic N) is 1. The van der Waals surface area contributed by atoms with E-state index < -0.39 is 5.82 Å². The normalized spacial score (nSPS) is 10.2. The van der Waals surface area contributed by atoms with Crippen molar-refractivity contribution in [1.29, 1.82) is 0 Å². The molecule has 0 spiro atoms. The summed E-state index contributed by atoms with van der Waals surface area (Å²) in [6.07, 6.45) is 0. The molecule has 5 nitrogen and oxygen atoms in total. The number of carbonyl (C=O) groups is 2. The molecule has 0 aliphatic heterocycles. The molecule has 2 N–H and O–H groups in total. The van der Waals surface area contributed by atoms with E-state index in [0.29, 0.717) is 16.9 Å². The van der Waals surface area contributed by atoms with Gasteiger partial charge in [-0.05, 0) is 42.5 Å². The fourth-order valence-corrected chi connectivity index (χ4v) is 2.20. The van der Waals surface area contributed by atoms with Crippen LogP contribution in [-0.2, 0) is 4.79 Å². The SMILES string of the molecule is CN(C)C(=O)c1ccc(NC(=O)CNc2ccc(F)cc2Cl)cc1. The number of amides is 2. The molecule has 0 fully saturated rings. The van der Waals surface area contributed by atoms with Gasteiger partial charge in [0.1, 0.15) is 5.82 Å². The van der Waals surface area contributed by atoms with E-state index in [1.165, 1.54) is 23.1 Å². The van der Waals surface area contributed by atoms with Gasteiger partial charge in [0.05, 0.1) is 17.3 Å². The van der Waals surface area contributed by atoms with Crippen LogP contribution in [0.3, 0.4) is 0 Å². The number of benzene rings is 2. The molecular weight excluding hydrogens is 333 g/mol.